The van der Waals surface area contributed by atoms with E-state index >= 15 is 0 Å². The van der Waals surface area contributed by atoms with Crippen LogP contribution in [0.3, 0.4) is 0 Å². The number of benzene rings is 1. The molecule has 92 valence electrons. The monoisotopic (exact) mass is 232 g/mol. The first-order chi connectivity index (χ1) is 7.88. The van der Waals surface area contributed by atoms with Gasteiger partial charge in [-0.2, -0.15) is 0 Å². The van der Waals surface area contributed by atoms with Gasteiger partial charge in [0.05, 0.1) is 0 Å². The Morgan fingerprint density at radius 2 is 2.12 bits per heavy atom. The summed E-state index contributed by atoms with van der Waals surface area (Å²) in [4.78, 5) is 14.2. The van der Waals surface area contributed by atoms with Crippen LogP contribution in [0.25, 0.3) is 0 Å². The van der Waals surface area contributed by atoms with Crippen LogP contribution in [0.4, 0.5) is 5.69 Å². The number of para-hydroxylation sites is 1. The quantitative estimate of drug-likeness (QED) is 0.848. The molecule has 1 aromatic carbocycles. The molecule has 0 bridgehead atoms. The molecule has 2 N–H and O–H groups in total. The van der Waals surface area contributed by atoms with Gasteiger partial charge in [-0.15, -0.1) is 0 Å². The highest BCUT2D eigenvalue weighted by atomic mass is 16.2. The maximum absolute atomic E-state index is 12.3. The number of carbonyl (C=O) groups excluding carboxylic acids is 1. The van der Waals surface area contributed by atoms with E-state index in [0.29, 0.717) is 6.42 Å². The number of hydrogen-bond acceptors (Lipinski definition) is 2. The zero-order valence-electron chi connectivity index (χ0n) is 10.7. The van der Waals surface area contributed by atoms with Crippen LogP contribution >= 0.6 is 0 Å². The molecule has 3 heteroatoms. The van der Waals surface area contributed by atoms with Crippen molar-refractivity contribution in [3.8, 4) is 0 Å². The minimum absolute atomic E-state index is 0.120. The number of anilines is 1. The fourth-order valence-electron chi connectivity index (χ4n) is 2.42. The van der Waals surface area contributed by atoms with Gasteiger partial charge >= 0.3 is 0 Å². The second kappa shape index (κ2) is 4.15. The lowest BCUT2D eigenvalue weighted by Gasteiger charge is -2.26. The molecular weight excluding hydrogens is 212 g/mol. The molecule has 0 aliphatic carbocycles. The Morgan fingerprint density at radius 1 is 1.47 bits per heavy atom. The van der Waals surface area contributed by atoms with E-state index < -0.39 is 5.54 Å². The van der Waals surface area contributed by atoms with E-state index in [1.807, 2.05) is 36.9 Å². The molecule has 0 saturated carbocycles. The summed E-state index contributed by atoms with van der Waals surface area (Å²) in [6.07, 6.45) is 1.32. The second-order valence-electron chi connectivity index (χ2n) is 5.61. The van der Waals surface area contributed by atoms with Gasteiger partial charge in [0.15, 0.2) is 0 Å². The van der Waals surface area contributed by atoms with E-state index in [9.17, 15) is 4.79 Å². The highest BCUT2D eigenvalue weighted by Crippen LogP contribution is 2.32. The molecule has 0 aromatic heterocycles. The molecule has 3 nitrogen and oxygen atoms in total. The topological polar surface area (TPSA) is 46.3 Å². The average Bonchev–Trinajstić information content (AvgIpc) is 2.50. The number of amides is 1. The fraction of sp³-hybridized carbons (Fsp3) is 0.500. The third-order valence-electron chi connectivity index (χ3n) is 3.08. The van der Waals surface area contributed by atoms with Crippen molar-refractivity contribution in [3.63, 3.8) is 0 Å². The zero-order valence-corrected chi connectivity index (χ0v) is 10.7. The molecule has 1 unspecified atom stereocenters. The number of nitrogens with two attached hydrogens (primary N) is 1. The number of nitrogens with zero attached hydrogens (tertiary/aromatic N) is 1. The third kappa shape index (κ3) is 2.50. The Morgan fingerprint density at radius 3 is 2.76 bits per heavy atom. The summed E-state index contributed by atoms with van der Waals surface area (Å²) in [7, 11) is 0. The summed E-state index contributed by atoms with van der Waals surface area (Å²) in [5, 5.41) is 0. The summed E-state index contributed by atoms with van der Waals surface area (Å²) in [5.41, 5.74) is 7.78. The van der Waals surface area contributed by atoms with Gasteiger partial charge in [-0.05, 0) is 38.8 Å². The molecule has 0 fully saturated rings. The van der Waals surface area contributed by atoms with Crippen LogP contribution in [0.2, 0.25) is 0 Å². The van der Waals surface area contributed by atoms with Gasteiger partial charge < -0.3 is 10.6 Å². The van der Waals surface area contributed by atoms with E-state index in [2.05, 4.69) is 13.0 Å². The largest absolute Gasteiger partial charge is 0.325 e. The number of hydrogen-bond donors (Lipinski definition) is 1. The molecule has 0 radical (unpaired) electrons. The van der Waals surface area contributed by atoms with Crippen molar-refractivity contribution in [2.24, 2.45) is 5.73 Å². The summed E-state index contributed by atoms with van der Waals surface area (Å²) in [5.74, 6) is 0.120. The SMILES string of the molecule is CC1Cc2ccccc2N1C(=O)CC(C)(C)N. The molecule has 0 spiro atoms. The minimum Gasteiger partial charge on any atom is -0.325 e. The van der Waals surface area contributed by atoms with Crippen LogP contribution in [0.1, 0.15) is 32.8 Å². The predicted molar refractivity (Wildman–Crippen MR) is 70.0 cm³/mol. The molecule has 0 saturated heterocycles. The summed E-state index contributed by atoms with van der Waals surface area (Å²) >= 11 is 0. The lowest BCUT2D eigenvalue weighted by atomic mass is 10.0. The predicted octanol–water partition coefficient (Wildman–Crippen LogP) is 2.09. The highest BCUT2D eigenvalue weighted by Gasteiger charge is 2.32. The Hall–Kier alpha value is -1.35. The van der Waals surface area contributed by atoms with Crippen LogP contribution in [0.15, 0.2) is 24.3 Å². The van der Waals surface area contributed by atoms with Gasteiger partial charge in [-0.1, -0.05) is 18.2 Å². The van der Waals surface area contributed by atoms with Gasteiger partial charge in [0, 0.05) is 23.7 Å². The number of rotatable bonds is 2. The van der Waals surface area contributed by atoms with E-state index in [-0.39, 0.29) is 11.9 Å². The normalized spacial score (nSPS) is 19.3. The molecule has 1 heterocycles. The molecule has 1 aliphatic heterocycles. The Bertz CT molecular complexity index is 434. The highest BCUT2D eigenvalue weighted by molar-refractivity contribution is 5.96. The molecule has 1 aromatic rings. The van der Waals surface area contributed by atoms with Crippen LogP contribution in [0, 0.1) is 0 Å². The zero-order chi connectivity index (χ0) is 12.6. The lowest BCUT2D eigenvalue weighted by Crippen LogP contribution is -2.43. The molecular formula is C14H20N2O. The summed E-state index contributed by atoms with van der Waals surface area (Å²) in [6, 6.07) is 8.34. The van der Waals surface area contributed by atoms with Crippen LogP contribution in [0.5, 0.6) is 0 Å². The second-order valence-corrected chi connectivity index (χ2v) is 5.61. The number of carbonyl (C=O) groups is 1. The van der Waals surface area contributed by atoms with Gasteiger partial charge in [-0.3, -0.25) is 4.79 Å². The third-order valence-corrected chi connectivity index (χ3v) is 3.08. The molecule has 17 heavy (non-hydrogen) atoms. The summed E-state index contributed by atoms with van der Waals surface area (Å²) in [6.45, 7) is 5.86. The van der Waals surface area contributed by atoms with E-state index in [1.165, 1.54) is 5.56 Å². The van der Waals surface area contributed by atoms with E-state index in [1.54, 1.807) is 0 Å². The molecule has 1 amide bonds. The standard InChI is InChI=1S/C14H20N2O/c1-10-8-11-6-4-5-7-12(11)16(10)13(17)9-14(2,3)15/h4-7,10H,8-9,15H2,1-3H3. The maximum Gasteiger partial charge on any atom is 0.229 e. The van der Waals surface area contributed by atoms with Crippen molar-refractivity contribution in [3.05, 3.63) is 29.8 Å². The first-order valence-electron chi connectivity index (χ1n) is 6.07. The summed E-state index contributed by atoms with van der Waals surface area (Å²) < 4.78 is 0. The van der Waals surface area contributed by atoms with Crippen LogP contribution in [-0.4, -0.2) is 17.5 Å². The first-order valence-corrected chi connectivity index (χ1v) is 6.07. The Kier molecular flexibility index (Phi) is 2.96. The van der Waals surface area contributed by atoms with Crippen LogP contribution < -0.4 is 10.6 Å². The smallest absolute Gasteiger partial charge is 0.229 e. The average molecular weight is 232 g/mol. The lowest BCUT2D eigenvalue weighted by molar-refractivity contribution is -0.119. The molecule has 2 rings (SSSR count). The minimum atomic E-state index is -0.450. The molecule has 1 aliphatic rings. The van der Waals surface area contributed by atoms with Crippen LogP contribution in [-0.2, 0) is 11.2 Å². The van der Waals surface area contributed by atoms with Crippen molar-refractivity contribution < 1.29 is 4.79 Å². The molecule has 1 atom stereocenters. The maximum atomic E-state index is 12.3. The van der Waals surface area contributed by atoms with E-state index in [4.69, 9.17) is 5.73 Å². The first kappa shape index (κ1) is 12.1. The van der Waals surface area contributed by atoms with Gasteiger partial charge in [0.25, 0.3) is 0 Å². The van der Waals surface area contributed by atoms with Crippen molar-refractivity contribution >= 4 is 11.6 Å². The van der Waals surface area contributed by atoms with Gasteiger partial charge in [-0.25, -0.2) is 0 Å². The van der Waals surface area contributed by atoms with E-state index in [0.717, 1.165) is 12.1 Å². The Balaban J connectivity index is 2.25. The van der Waals surface area contributed by atoms with Crippen molar-refractivity contribution in [1.29, 1.82) is 0 Å². The van der Waals surface area contributed by atoms with Crippen molar-refractivity contribution in [1.82, 2.24) is 0 Å². The van der Waals surface area contributed by atoms with Gasteiger partial charge in [0.2, 0.25) is 5.91 Å². The van der Waals surface area contributed by atoms with Crippen molar-refractivity contribution in [2.45, 2.75) is 45.2 Å². The van der Waals surface area contributed by atoms with Crippen molar-refractivity contribution in [2.75, 3.05) is 4.90 Å². The number of fused-ring (bicyclic) bond motifs is 1. The van der Waals surface area contributed by atoms with Gasteiger partial charge in [0.1, 0.15) is 0 Å². The Labute approximate surface area is 103 Å². The fourth-order valence-corrected chi connectivity index (χ4v) is 2.42.